The highest BCUT2D eigenvalue weighted by Crippen LogP contribution is 2.15. The van der Waals surface area contributed by atoms with Crippen LogP contribution in [0.1, 0.15) is 24.0 Å². The van der Waals surface area contributed by atoms with E-state index in [2.05, 4.69) is 31.2 Å². The Balaban J connectivity index is 1.73. The van der Waals surface area contributed by atoms with Crippen LogP contribution in [0.3, 0.4) is 0 Å². The Bertz CT molecular complexity index is 403. The number of amides is 1. The van der Waals surface area contributed by atoms with Crippen molar-refractivity contribution in [2.24, 2.45) is 0 Å². The number of nitrogens with zero attached hydrogens (tertiary/aromatic N) is 1. The molecule has 2 rings (SSSR count). The van der Waals surface area contributed by atoms with Crippen molar-refractivity contribution in [3.8, 4) is 0 Å². The van der Waals surface area contributed by atoms with Gasteiger partial charge < -0.3 is 0 Å². The van der Waals surface area contributed by atoms with Gasteiger partial charge in [-0.1, -0.05) is 29.8 Å². The van der Waals surface area contributed by atoms with E-state index >= 15 is 0 Å². The van der Waals surface area contributed by atoms with Gasteiger partial charge >= 0.3 is 0 Å². The zero-order chi connectivity index (χ0) is 12.8. The maximum atomic E-state index is 11.8. The van der Waals surface area contributed by atoms with Crippen molar-refractivity contribution in [3.05, 3.63) is 35.4 Å². The predicted molar refractivity (Wildman–Crippen MR) is 74.2 cm³/mol. The summed E-state index contributed by atoms with van der Waals surface area (Å²) in [6, 6.07) is 8.40. The Hall–Kier alpha value is -1.00. The first kappa shape index (κ1) is 13.4. The molecule has 0 N–H and O–H groups in total. The molecule has 1 aliphatic heterocycles. The summed E-state index contributed by atoms with van der Waals surface area (Å²) in [7, 11) is 0. The van der Waals surface area contributed by atoms with Crippen molar-refractivity contribution in [2.45, 2.75) is 25.5 Å². The highest BCUT2D eigenvalue weighted by atomic mass is 32.2. The molecule has 0 aliphatic carbocycles. The first-order valence-corrected chi connectivity index (χ1v) is 7.48. The third-order valence-corrected chi connectivity index (χ3v) is 3.85. The molecule has 0 spiro atoms. The van der Waals surface area contributed by atoms with E-state index in [1.807, 2.05) is 0 Å². The van der Waals surface area contributed by atoms with Gasteiger partial charge in [-0.15, -0.1) is 11.8 Å². The first-order chi connectivity index (χ1) is 8.75. The molecule has 98 valence electrons. The summed E-state index contributed by atoms with van der Waals surface area (Å²) in [5, 5.41) is 1.52. The number of aryl methyl sites for hydroxylation is 1. The highest BCUT2D eigenvalue weighted by molar-refractivity contribution is 7.99. The van der Waals surface area contributed by atoms with Crippen LogP contribution in [0.2, 0.25) is 0 Å². The normalized spacial score (nSPS) is 15.7. The standard InChI is InChI=1S/C14H19NO2S/c1-12-5-4-6-13(9-12)10-18-11-14(16)15-7-2-3-8-17-15/h4-6,9H,2-3,7-8,10-11H2,1H3. The molecule has 1 saturated heterocycles. The second-order valence-corrected chi connectivity index (χ2v) is 5.50. The molecule has 1 aromatic carbocycles. The summed E-state index contributed by atoms with van der Waals surface area (Å²) in [4.78, 5) is 17.2. The summed E-state index contributed by atoms with van der Waals surface area (Å²) < 4.78 is 0. The van der Waals surface area contributed by atoms with Crippen LogP contribution in [0.4, 0.5) is 0 Å². The minimum atomic E-state index is 0.0901. The number of thioether (sulfide) groups is 1. The number of rotatable bonds is 4. The van der Waals surface area contributed by atoms with Crippen molar-refractivity contribution in [1.29, 1.82) is 0 Å². The van der Waals surface area contributed by atoms with Crippen molar-refractivity contribution < 1.29 is 9.63 Å². The smallest absolute Gasteiger partial charge is 0.256 e. The predicted octanol–water partition coefficient (Wildman–Crippen LogP) is 2.78. The highest BCUT2D eigenvalue weighted by Gasteiger charge is 2.17. The maximum absolute atomic E-state index is 11.8. The molecule has 0 unspecified atom stereocenters. The number of benzene rings is 1. The van der Waals surface area contributed by atoms with E-state index in [4.69, 9.17) is 4.84 Å². The molecule has 0 bridgehead atoms. The molecule has 0 aromatic heterocycles. The molecular weight excluding hydrogens is 246 g/mol. The molecule has 1 fully saturated rings. The molecule has 1 amide bonds. The van der Waals surface area contributed by atoms with Crippen LogP contribution < -0.4 is 0 Å². The molecule has 1 aliphatic rings. The Kier molecular flexibility index (Phi) is 5.08. The lowest BCUT2D eigenvalue weighted by atomic mass is 10.2. The van der Waals surface area contributed by atoms with Crippen molar-refractivity contribution in [2.75, 3.05) is 18.9 Å². The van der Waals surface area contributed by atoms with Crippen molar-refractivity contribution in [1.82, 2.24) is 5.06 Å². The molecule has 1 aromatic rings. The van der Waals surface area contributed by atoms with Gasteiger partial charge in [-0.25, -0.2) is 5.06 Å². The van der Waals surface area contributed by atoms with E-state index in [-0.39, 0.29) is 5.91 Å². The number of hydrogen-bond donors (Lipinski definition) is 0. The molecular formula is C14H19NO2S. The van der Waals surface area contributed by atoms with Gasteiger partial charge in [0.05, 0.1) is 12.4 Å². The van der Waals surface area contributed by atoms with E-state index in [0.717, 1.165) is 25.1 Å². The van der Waals surface area contributed by atoms with Crippen LogP contribution >= 0.6 is 11.8 Å². The van der Waals surface area contributed by atoms with Crippen LogP contribution in [0.5, 0.6) is 0 Å². The molecule has 18 heavy (non-hydrogen) atoms. The van der Waals surface area contributed by atoms with E-state index in [1.54, 1.807) is 11.8 Å². The Morgan fingerprint density at radius 3 is 3.06 bits per heavy atom. The van der Waals surface area contributed by atoms with Crippen LogP contribution in [-0.2, 0) is 15.4 Å². The van der Waals surface area contributed by atoms with Crippen LogP contribution in [0.25, 0.3) is 0 Å². The van der Waals surface area contributed by atoms with Crippen LogP contribution in [0.15, 0.2) is 24.3 Å². The SMILES string of the molecule is Cc1cccc(CSCC(=O)N2CCCCO2)c1. The minimum Gasteiger partial charge on any atom is -0.272 e. The van der Waals surface area contributed by atoms with E-state index < -0.39 is 0 Å². The van der Waals surface area contributed by atoms with Gasteiger partial charge in [-0.2, -0.15) is 0 Å². The third-order valence-electron chi connectivity index (χ3n) is 2.86. The van der Waals surface area contributed by atoms with E-state index in [1.165, 1.54) is 16.2 Å². The number of hydrogen-bond acceptors (Lipinski definition) is 3. The molecule has 0 saturated carbocycles. The second-order valence-electron chi connectivity index (χ2n) is 4.52. The average molecular weight is 265 g/mol. The van der Waals surface area contributed by atoms with Crippen molar-refractivity contribution in [3.63, 3.8) is 0 Å². The largest absolute Gasteiger partial charge is 0.272 e. The summed E-state index contributed by atoms with van der Waals surface area (Å²) in [6.07, 6.45) is 2.11. The summed E-state index contributed by atoms with van der Waals surface area (Å²) in [6.45, 7) is 3.50. The van der Waals surface area contributed by atoms with Gasteiger partial charge in [-0.3, -0.25) is 9.63 Å². The monoisotopic (exact) mass is 265 g/mol. The molecule has 4 heteroatoms. The average Bonchev–Trinajstić information content (AvgIpc) is 2.40. The summed E-state index contributed by atoms with van der Waals surface area (Å²) in [5.41, 5.74) is 2.53. The Morgan fingerprint density at radius 2 is 2.33 bits per heavy atom. The lowest BCUT2D eigenvalue weighted by Gasteiger charge is -2.25. The van der Waals surface area contributed by atoms with Gasteiger partial charge in [0, 0.05) is 12.3 Å². The topological polar surface area (TPSA) is 29.5 Å². The lowest BCUT2D eigenvalue weighted by Crippen LogP contribution is -2.36. The number of carbonyl (C=O) groups excluding carboxylic acids is 1. The van der Waals surface area contributed by atoms with Gasteiger partial charge in [0.2, 0.25) is 0 Å². The van der Waals surface area contributed by atoms with Gasteiger partial charge in [0.15, 0.2) is 0 Å². The lowest BCUT2D eigenvalue weighted by molar-refractivity contribution is -0.194. The molecule has 1 heterocycles. The van der Waals surface area contributed by atoms with E-state index in [9.17, 15) is 4.79 Å². The third kappa shape index (κ3) is 4.03. The molecule has 0 atom stereocenters. The minimum absolute atomic E-state index is 0.0901. The number of hydroxylamine groups is 2. The zero-order valence-electron chi connectivity index (χ0n) is 10.7. The van der Waals surface area contributed by atoms with Crippen molar-refractivity contribution >= 4 is 17.7 Å². The van der Waals surface area contributed by atoms with Gasteiger partial charge in [-0.05, 0) is 25.3 Å². The maximum Gasteiger partial charge on any atom is 0.256 e. The number of carbonyl (C=O) groups is 1. The second kappa shape index (κ2) is 6.81. The van der Waals surface area contributed by atoms with Crippen LogP contribution in [0, 0.1) is 6.92 Å². The summed E-state index contributed by atoms with van der Waals surface area (Å²) >= 11 is 1.65. The summed E-state index contributed by atoms with van der Waals surface area (Å²) in [5.74, 6) is 1.46. The van der Waals surface area contributed by atoms with Crippen LogP contribution in [-0.4, -0.2) is 29.9 Å². The van der Waals surface area contributed by atoms with E-state index in [0.29, 0.717) is 12.4 Å². The molecule has 0 radical (unpaired) electrons. The quantitative estimate of drug-likeness (QED) is 0.838. The fourth-order valence-electron chi connectivity index (χ4n) is 1.92. The van der Waals surface area contributed by atoms with Gasteiger partial charge in [0.1, 0.15) is 0 Å². The Morgan fingerprint density at radius 1 is 1.44 bits per heavy atom. The molecule has 3 nitrogen and oxygen atoms in total. The van der Waals surface area contributed by atoms with Gasteiger partial charge in [0.25, 0.3) is 5.91 Å². The zero-order valence-corrected chi connectivity index (χ0v) is 11.5. The fourth-order valence-corrected chi connectivity index (χ4v) is 2.76. The first-order valence-electron chi connectivity index (χ1n) is 6.32. The Labute approximate surface area is 112 Å². The fraction of sp³-hybridized carbons (Fsp3) is 0.500.